The molecular weight excluding hydrogens is 250 g/mol. The molecule has 4 nitrogen and oxygen atoms in total. The number of aryl methyl sites for hydroxylation is 1. The summed E-state index contributed by atoms with van der Waals surface area (Å²) in [5.74, 6) is 1.54. The van der Waals surface area contributed by atoms with Gasteiger partial charge in [-0.3, -0.25) is 0 Å². The van der Waals surface area contributed by atoms with Crippen LogP contribution in [0.5, 0.6) is 0 Å². The lowest BCUT2D eigenvalue weighted by atomic mass is 9.99. The molecule has 0 unspecified atom stereocenters. The summed E-state index contributed by atoms with van der Waals surface area (Å²) in [6.45, 7) is 2.76. The van der Waals surface area contributed by atoms with Gasteiger partial charge in [0.05, 0.1) is 0 Å². The summed E-state index contributed by atoms with van der Waals surface area (Å²) in [6.07, 6.45) is 10.2. The molecule has 0 bridgehead atoms. The van der Waals surface area contributed by atoms with Crippen molar-refractivity contribution in [1.29, 1.82) is 0 Å². The molecule has 1 saturated carbocycles. The second-order valence-electron chi connectivity index (χ2n) is 6.05. The highest BCUT2D eigenvalue weighted by molar-refractivity contribution is 5.43. The highest BCUT2D eigenvalue weighted by Crippen LogP contribution is 2.41. The van der Waals surface area contributed by atoms with E-state index in [2.05, 4.69) is 4.98 Å². The van der Waals surface area contributed by atoms with Crippen molar-refractivity contribution in [3.8, 4) is 0 Å². The van der Waals surface area contributed by atoms with Crippen molar-refractivity contribution in [2.75, 3.05) is 12.3 Å². The highest BCUT2D eigenvalue weighted by Gasteiger charge is 2.40. The van der Waals surface area contributed by atoms with Crippen LogP contribution in [0, 0.1) is 0 Å². The second-order valence-corrected chi connectivity index (χ2v) is 6.05. The van der Waals surface area contributed by atoms with E-state index in [1.807, 2.05) is 6.92 Å². The number of ether oxygens (including phenoxy) is 1. The average Bonchev–Trinajstić information content (AvgIpc) is 2.78. The lowest BCUT2D eigenvalue weighted by molar-refractivity contribution is -0.0457. The highest BCUT2D eigenvalue weighted by atomic mass is 16.5. The van der Waals surface area contributed by atoms with Gasteiger partial charge in [-0.1, -0.05) is 6.42 Å². The van der Waals surface area contributed by atoms with Crippen LogP contribution in [0.1, 0.15) is 69.0 Å². The molecular formula is C16H25N3O. The van der Waals surface area contributed by atoms with Crippen molar-refractivity contribution in [3.05, 3.63) is 17.1 Å². The molecule has 3 rings (SSSR count). The number of hydrogen-bond donors (Lipinski definition) is 1. The number of hydrogen-bond acceptors (Lipinski definition) is 4. The van der Waals surface area contributed by atoms with Gasteiger partial charge in [-0.25, -0.2) is 9.97 Å². The summed E-state index contributed by atoms with van der Waals surface area (Å²) in [6, 6.07) is 0. The number of aromatic nitrogens is 2. The largest absolute Gasteiger partial charge is 0.383 e. The quantitative estimate of drug-likeness (QED) is 0.861. The smallest absolute Gasteiger partial charge is 0.162 e. The molecule has 1 aromatic heterocycles. The van der Waals surface area contributed by atoms with Crippen molar-refractivity contribution in [2.24, 2.45) is 0 Å². The number of nitrogen functional groups attached to an aromatic ring is 1. The molecule has 4 heteroatoms. The first-order valence-corrected chi connectivity index (χ1v) is 8.05. The van der Waals surface area contributed by atoms with E-state index in [9.17, 15) is 0 Å². The van der Waals surface area contributed by atoms with E-state index >= 15 is 0 Å². The van der Waals surface area contributed by atoms with Gasteiger partial charge < -0.3 is 10.5 Å². The van der Waals surface area contributed by atoms with Gasteiger partial charge in [0.2, 0.25) is 0 Å². The fraction of sp³-hybridized carbons (Fsp3) is 0.750. The summed E-state index contributed by atoms with van der Waals surface area (Å²) in [4.78, 5) is 9.53. The van der Waals surface area contributed by atoms with Crippen LogP contribution in [0.25, 0.3) is 0 Å². The minimum absolute atomic E-state index is 0.274. The molecule has 2 aliphatic carbocycles. The Bertz CT molecular complexity index is 481. The van der Waals surface area contributed by atoms with Gasteiger partial charge in [0.25, 0.3) is 0 Å². The third kappa shape index (κ3) is 2.41. The third-order valence-corrected chi connectivity index (χ3v) is 4.70. The summed E-state index contributed by atoms with van der Waals surface area (Å²) in [7, 11) is 0. The first-order chi connectivity index (χ1) is 9.75. The van der Waals surface area contributed by atoms with Gasteiger partial charge in [-0.2, -0.15) is 0 Å². The van der Waals surface area contributed by atoms with Crippen molar-refractivity contribution in [3.63, 3.8) is 0 Å². The number of nitrogens with zero attached hydrogens (tertiary/aromatic N) is 2. The first-order valence-electron chi connectivity index (χ1n) is 8.05. The monoisotopic (exact) mass is 275 g/mol. The van der Waals surface area contributed by atoms with Crippen molar-refractivity contribution in [2.45, 2.75) is 70.3 Å². The van der Waals surface area contributed by atoms with Crippen molar-refractivity contribution in [1.82, 2.24) is 9.97 Å². The van der Waals surface area contributed by atoms with Crippen LogP contribution in [0.4, 0.5) is 5.82 Å². The van der Waals surface area contributed by atoms with Gasteiger partial charge in [-0.05, 0) is 58.3 Å². The van der Waals surface area contributed by atoms with E-state index in [0.717, 1.165) is 31.5 Å². The zero-order chi connectivity index (χ0) is 14.0. The minimum atomic E-state index is -0.274. The van der Waals surface area contributed by atoms with Gasteiger partial charge in [0.1, 0.15) is 11.4 Å². The lowest BCUT2D eigenvalue weighted by Gasteiger charge is -2.28. The predicted octanol–water partition coefficient (Wildman–Crippen LogP) is 3.13. The molecule has 110 valence electrons. The van der Waals surface area contributed by atoms with E-state index in [0.29, 0.717) is 12.4 Å². The molecule has 1 aromatic rings. The molecule has 0 aromatic carbocycles. The number of anilines is 1. The zero-order valence-electron chi connectivity index (χ0n) is 12.5. The topological polar surface area (TPSA) is 61.0 Å². The van der Waals surface area contributed by atoms with E-state index in [-0.39, 0.29) is 5.60 Å². The lowest BCUT2D eigenvalue weighted by Crippen LogP contribution is -2.30. The van der Waals surface area contributed by atoms with Crippen LogP contribution in [0.15, 0.2) is 0 Å². The molecule has 0 atom stereocenters. The van der Waals surface area contributed by atoms with Crippen molar-refractivity contribution < 1.29 is 4.74 Å². The maximum atomic E-state index is 6.23. The Balaban J connectivity index is 2.01. The fourth-order valence-electron chi connectivity index (χ4n) is 3.66. The Morgan fingerprint density at radius 1 is 1.05 bits per heavy atom. The second kappa shape index (κ2) is 5.68. The Morgan fingerprint density at radius 3 is 2.55 bits per heavy atom. The first kappa shape index (κ1) is 13.8. The fourth-order valence-corrected chi connectivity index (χ4v) is 3.66. The summed E-state index contributed by atoms with van der Waals surface area (Å²) in [5.41, 5.74) is 8.32. The number of nitrogens with two attached hydrogens (primary N) is 1. The number of rotatable bonds is 3. The average molecular weight is 275 g/mol. The maximum Gasteiger partial charge on any atom is 0.162 e. The van der Waals surface area contributed by atoms with E-state index < -0.39 is 0 Å². The standard InChI is InChI=1S/C16H25N3O/c1-2-20-16(10-6-7-11-16)15-18-13-9-5-3-4-8-12(13)14(17)19-15/h2-11H2,1H3,(H2,17,18,19). The molecule has 0 aliphatic heterocycles. The molecule has 1 fully saturated rings. The summed E-state index contributed by atoms with van der Waals surface area (Å²) in [5, 5.41) is 0. The Labute approximate surface area is 121 Å². The van der Waals surface area contributed by atoms with E-state index in [1.165, 1.54) is 43.4 Å². The molecule has 2 aliphatic rings. The molecule has 0 amide bonds. The van der Waals surface area contributed by atoms with E-state index in [1.54, 1.807) is 0 Å². The summed E-state index contributed by atoms with van der Waals surface area (Å²) < 4.78 is 6.07. The summed E-state index contributed by atoms with van der Waals surface area (Å²) >= 11 is 0. The molecule has 2 N–H and O–H groups in total. The Hall–Kier alpha value is -1.16. The van der Waals surface area contributed by atoms with Crippen molar-refractivity contribution >= 4 is 5.82 Å². The van der Waals surface area contributed by atoms with Gasteiger partial charge in [-0.15, -0.1) is 0 Å². The van der Waals surface area contributed by atoms with Gasteiger partial charge >= 0.3 is 0 Å². The molecule has 0 saturated heterocycles. The SMILES string of the molecule is CCOC1(c2nc(N)c3c(n2)CCCCC3)CCCC1. The van der Waals surface area contributed by atoms with Crippen LogP contribution in [-0.2, 0) is 23.2 Å². The predicted molar refractivity (Wildman–Crippen MR) is 79.5 cm³/mol. The molecule has 0 spiro atoms. The van der Waals surface area contributed by atoms with Gasteiger partial charge in [0.15, 0.2) is 5.82 Å². The molecule has 20 heavy (non-hydrogen) atoms. The third-order valence-electron chi connectivity index (χ3n) is 4.70. The van der Waals surface area contributed by atoms with Crippen LogP contribution in [0.2, 0.25) is 0 Å². The Kier molecular flexibility index (Phi) is 3.92. The van der Waals surface area contributed by atoms with Gasteiger partial charge in [0, 0.05) is 17.9 Å². The van der Waals surface area contributed by atoms with E-state index in [4.69, 9.17) is 15.5 Å². The Morgan fingerprint density at radius 2 is 1.80 bits per heavy atom. The normalized spacial score (nSPS) is 21.4. The van der Waals surface area contributed by atoms with Crippen LogP contribution in [-0.4, -0.2) is 16.6 Å². The number of fused-ring (bicyclic) bond motifs is 1. The zero-order valence-corrected chi connectivity index (χ0v) is 12.5. The van der Waals surface area contributed by atoms with Crippen LogP contribution < -0.4 is 5.73 Å². The molecule has 0 radical (unpaired) electrons. The van der Waals surface area contributed by atoms with Crippen LogP contribution in [0.3, 0.4) is 0 Å². The van der Waals surface area contributed by atoms with Crippen LogP contribution >= 0.6 is 0 Å². The maximum absolute atomic E-state index is 6.23. The minimum Gasteiger partial charge on any atom is -0.383 e. The molecule has 1 heterocycles.